The first kappa shape index (κ1) is 10.1. The molecule has 1 aromatic heterocycles. The van der Waals surface area contributed by atoms with Gasteiger partial charge in [-0.2, -0.15) is 0 Å². The Hall–Kier alpha value is -1.03. The van der Waals surface area contributed by atoms with Crippen molar-refractivity contribution in [2.45, 2.75) is 25.8 Å². The first-order valence-electron chi connectivity index (χ1n) is 4.21. The van der Waals surface area contributed by atoms with Crippen molar-refractivity contribution in [3.63, 3.8) is 0 Å². The predicted molar refractivity (Wildman–Crippen MR) is 46.0 cm³/mol. The highest BCUT2D eigenvalue weighted by molar-refractivity contribution is 5.18. The Bertz CT molecular complexity index is 269. The summed E-state index contributed by atoms with van der Waals surface area (Å²) in [5.74, 6) is -1.33. The molecule has 0 aliphatic rings. The highest BCUT2D eigenvalue weighted by Crippen LogP contribution is 2.20. The lowest BCUT2D eigenvalue weighted by atomic mass is 10.0. The first-order chi connectivity index (χ1) is 6.16. The van der Waals surface area contributed by atoms with Crippen LogP contribution < -0.4 is 5.73 Å². The summed E-state index contributed by atoms with van der Waals surface area (Å²) in [5, 5.41) is 0. The van der Waals surface area contributed by atoms with Crippen LogP contribution in [-0.4, -0.2) is 4.98 Å². The van der Waals surface area contributed by atoms with Gasteiger partial charge in [0, 0.05) is 11.6 Å². The van der Waals surface area contributed by atoms with Gasteiger partial charge in [-0.3, -0.25) is 4.98 Å². The molecule has 1 aromatic rings. The standard InChI is InChI=1S/C9H12F2N2/c1-2-3-8(12)9-6(10)4-13-5-7(9)11/h4-5,8H,2-3,12H2,1H3/t8-/m0/s1. The van der Waals surface area contributed by atoms with Gasteiger partial charge >= 0.3 is 0 Å². The molecule has 72 valence electrons. The molecule has 0 spiro atoms. The van der Waals surface area contributed by atoms with Gasteiger partial charge in [-0.15, -0.1) is 0 Å². The third-order valence-corrected chi connectivity index (χ3v) is 1.86. The van der Waals surface area contributed by atoms with Crippen molar-refractivity contribution in [2.75, 3.05) is 0 Å². The topological polar surface area (TPSA) is 38.9 Å². The molecular weight excluding hydrogens is 174 g/mol. The van der Waals surface area contributed by atoms with E-state index in [1.807, 2.05) is 6.92 Å². The molecule has 0 radical (unpaired) electrons. The fourth-order valence-electron chi connectivity index (χ4n) is 1.23. The minimum absolute atomic E-state index is 0.0585. The molecular formula is C9H12F2N2. The molecule has 2 nitrogen and oxygen atoms in total. The van der Waals surface area contributed by atoms with Gasteiger partial charge in [0.2, 0.25) is 0 Å². The largest absolute Gasteiger partial charge is 0.324 e. The van der Waals surface area contributed by atoms with E-state index in [1.165, 1.54) is 0 Å². The van der Waals surface area contributed by atoms with E-state index in [-0.39, 0.29) is 5.56 Å². The molecule has 13 heavy (non-hydrogen) atoms. The van der Waals surface area contributed by atoms with Crippen LogP contribution in [0.5, 0.6) is 0 Å². The van der Waals surface area contributed by atoms with Crippen LogP contribution in [0.4, 0.5) is 8.78 Å². The molecule has 0 aromatic carbocycles. The maximum absolute atomic E-state index is 13.0. The fourth-order valence-corrected chi connectivity index (χ4v) is 1.23. The van der Waals surface area contributed by atoms with Gasteiger partial charge in [-0.1, -0.05) is 13.3 Å². The van der Waals surface area contributed by atoms with Crippen LogP contribution in [0.2, 0.25) is 0 Å². The van der Waals surface area contributed by atoms with Gasteiger partial charge in [0.05, 0.1) is 12.4 Å². The number of halogens is 2. The van der Waals surface area contributed by atoms with E-state index in [1.54, 1.807) is 0 Å². The number of nitrogens with zero attached hydrogens (tertiary/aromatic N) is 1. The Labute approximate surface area is 75.8 Å². The molecule has 0 unspecified atom stereocenters. The zero-order valence-corrected chi connectivity index (χ0v) is 7.43. The third kappa shape index (κ3) is 2.21. The Morgan fingerprint density at radius 1 is 1.38 bits per heavy atom. The van der Waals surface area contributed by atoms with Crippen LogP contribution in [0.15, 0.2) is 12.4 Å². The van der Waals surface area contributed by atoms with Crippen LogP contribution in [-0.2, 0) is 0 Å². The average Bonchev–Trinajstić information content (AvgIpc) is 2.04. The van der Waals surface area contributed by atoms with Crippen LogP contribution in [0.3, 0.4) is 0 Å². The van der Waals surface area contributed by atoms with E-state index in [2.05, 4.69) is 4.98 Å². The second-order valence-electron chi connectivity index (χ2n) is 2.91. The molecule has 2 N–H and O–H groups in total. The normalized spacial score (nSPS) is 12.9. The molecule has 4 heteroatoms. The molecule has 0 aliphatic heterocycles. The molecule has 1 atom stereocenters. The average molecular weight is 186 g/mol. The van der Waals surface area contributed by atoms with Crippen molar-refractivity contribution in [3.05, 3.63) is 29.6 Å². The van der Waals surface area contributed by atoms with Crippen LogP contribution >= 0.6 is 0 Å². The SMILES string of the molecule is CCC[C@H](N)c1c(F)cncc1F. The van der Waals surface area contributed by atoms with Gasteiger partial charge in [-0.05, 0) is 6.42 Å². The van der Waals surface area contributed by atoms with Crippen molar-refractivity contribution in [1.29, 1.82) is 0 Å². The lowest BCUT2D eigenvalue weighted by molar-refractivity contribution is 0.503. The lowest BCUT2D eigenvalue weighted by Crippen LogP contribution is -2.14. The van der Waals surface area contributed by atoms with Crippen LogP contribution in [0.1, 0.15) is 31.4 Å². The Balaban J connectivity index is 2.98. The van der Waals surface area contributed by atoms with Crippen molar-refractivity contribution in [1.82, 2.24) is 4.98 Å². The summed E-state index contributed by atoms with van der Waals surface area (Å²) in [6.07, 6.45) is 3.32. The second kappa shape index (κ2) is 4.28. The predicted octanol–water partition coefficient (Wildman–Crippen LogP) is 2.16. The highest BCUT2D eigenvalue weighted by atomic mass is 19.1. The summed E-state index contributed by atoms with van der Waals surface area (Å²) >= 11 is 0. The van der Waals surface area contributed by atoms with E-state index in [0.717, 1.165) is 18.8 Å². The first-order valence-corrected chi connectivity index (χ1v) is 4.21. The summed E-state index contributed by atoms with van der Waals surface area (Å²) in [6.45, 7) is 1.91. The Kier molecular flexibility index (Phi) is 3.31. The van der Waals surface area contributed by atoms with Crippen molar-refractivity contribution in [2.24, 2.45) is 5.73 Å². The fraction of sp³-hybridized carbons (Fsp3) is 0.444. The number of rotatable bonds is 3. The number of hydrogen-bond donors (Lipinski definition) is 1. The molecule has 0 bridgehead atoms. The molecule has 1 rings (SSSR count). The minimum Gasteiger partial charge on any atom is -0.324 e. The molecule has 0 saturated carbocycles. The summed E-state index contributed by atoms with van der Waals surface area (Å²) in [5.41, 5.74) is 5.54. The van der Waals surface area contributed by atoms with Gasteiger partial charge in [0.1, 0.15) is 11.6 Å². The monoisotopic (exact) mass is 186 g/mol. The molecule has 0 aliphatic carbocycles. The van der Waals surface area contributed by atoms with E-state index < -0.39 is 17.7 Å². The Morgan fingerprint density at radius 3 is 2.38 bits per heavy atom. The molecule has 1 heterocycles. The number of hydrogen-bond acceptors (Lipinski definition) is 2. The van der Waals surface area contributed by atoms with Crippen LogP contribution in [0.25, 0.3) is 0 Å². The zero-order chi connectivity index (χ0) is 9.84. The maximum Gasteiger partial charge on any atom is 0.149 e. The minimum atomic E-state index is -0.666. The zero-order valence-electron chi connectivity index (χ0n) is 7.43. The quantitative estimate of drug-likeness (QED) is 0.785. The molecule has 0 amide bonds. The number of aromatic nitrogens is 1. The molecule has 0 saturated heterocycles. The summed E-state index contributed by atoms with van der Waals surface area (Å²) in [6, 6.07) is -0.576. The smallest absolute Gasteiger partial charge is 0.149 e. The summed E-state index contributed by atoms with van der Waals surface area (Å²) < 4.78 is 26.1. The summed E-state index contributed by atoms with van der Waals surface area (Å²) in [7, 11) is 0. The van der Waals surface area contributed by atoms with E-state index in [0.29, 0.717) is 6.42 Å². The van der Waals surface area contributed by atoms with E-state index in [9.17, 15) is 8.78 Å². The summed E-state index contributed by atoms with van der Waals surface area (Å²) in [4.78, 5) is 3.38. The van der Waals surface area contributed by atoms with Gasteiger partial charge in [0.25, 0.3) is 0 Å². The molecule has 0 fully saturated rings. The van der Waals surface area contributed by atoms with Gasteiger partial charge in [-0.25, -0.2) is 8.78 Å². The van der Waals surface area contributed by atoms with E-state index >= 15 is 0 Å². The number of nitrogens with two attached hydrogens (primary N) is 1. The van der Waals surface area contributed by atoms with Gasteiger partial charge < -0.3 is 5.73 Å². The maximum atomic E-state index is 13.0. The van der Waals surface area contributed by atoms with Crippen molar-refractivity contribution >= 4 is 0 Å². The van der Waals surface area contributed by atoms with Crippen molar-refractivity contribution in [3.8, 4) is 0 Å². The van der Waals surface area contributed by atoms with Crippen molar-refractivity contribution < 1.29 is 8.78 Å². The second-order valence-corrected chi connectivity index (χ2v) is 2.91. The highest BCUT2D eigenvalue weighted by Gasteiger charge is 2.15. The lowest BCUT2D eigenvalue weighted by Gasteiger charge is -2.11. The third-order valence-electron chi connectivity index (χ3n) is 1.86. The van der Waals surface area contributed by atoms with Crippen LogP contribution in [0, 0.1) is 11.6 Å². The number of pyridine rings is 1. The van der Waals surface area contributed by atoms with Gasteiger partial charge in [0.15, 0.2) is 0 Å². The Morgan fingerprint density at radius 2 is 1.92 bits per heavy atom. The van der Waals surface area contributed by atoms with E-state index in [4.69, 9.17) is 5.73 Å².